The number of hydrogen-bond acceptors (Lipinski definition) is 3. The number of likely N-dealkylation sites (tertiary alicyclic amines) is 2. The molecule has 2 heterocycles. The van der Waals surface area contributed by atoms with Crippen molar-refractivity contribution in [2.45, 2.75) is 70.1 Å². The summed E-state index contributed by atoms with van der Waals surface area (Å²) in [4.78, 5) is 17.2. The fourth-order valence-electron chi connectivity index (χ4n) is 5.27. The van der Waals surface area contributed by atoms with E-state index in [9.17, 15) is 4.79 Å². The third kappa shape index (κ3) is 5.37. The van der Waals surface area contributed by atoms with Gasteiger partial charge in [0.2, 0.25) is 0 Å². The number of ether oxygens (including phenoxy) is 1. The van der Waals surface area contributed by atoms with Gasteiger partial charge >= 0.3 is 0 Å². The van der Waals surface area contributed by atoms with E-state index in [1.807, 2.05) is 19.1 Å². The summed E-state index contributed by atoms with van der Waals surface area (Å²) in [6, 6.07) is 9.04. The first-order chi connectivity index (χ1) is 16.4. The second-order valence-electron chi connectivity index (χ2n) is 10.0. The molecule has 3 fully saturated rings. The van der Waals surface area contributed by atoms with Crippen LogP contribution in [0.2, 0.25) is 10.0 Å². The molecular formula is C27H31Cl2FN2O2. The highest BCUT2D eigenvalue weighted by Gasteiger charge is 2.33. The molecule has 182 valence electrons. The Balaban J connectivity index is 1.25. The second-order valence-corrected chi connectivity index (χ2v) is 10.9. The largest absolute Gasteiger partial charge is 0.490 e. The number of hydrogen-bond donors (Lipinski definition) is 0. The normalized spacial score (nSPS) is 21.8. The van der Waals surface area contributed by atoms with Gasteiger partial charge in [0.15, 0.2) is 0 Å². The van der Waals surface area contributed by atoms with E-state index >= 15 is 4.39 Å². The van der Waals surface area contributed by atoms with E-state index in [0.29, 0.717) is 28.3 Å². The Morgan fingerprint density at radius 1 is 1.00 bits per heavy atom. The van der Waals surface area contributed by atoms with Crippen LogP contribution in [0.5, 0.6) is 5.75 Å². The van der Waals surface area contributed by atoms with Gasteiger partial charge in [-0.15, -0.1) is 0 Å². The molecule has 2 aliphatic heterocycles. The van der Waals surface area contributed by atoms with Crippen LogP contribution in [0.4, 0.5) is 4.39 Å². The number of rotatable bonds is 6. The van der Waals surface area contributed by atoms with Crippen molar-refractivity contribution >= 4 is 29.1 Å². The summed E-state index contributed by atoms with van der Waals surface area (Å²) < 4.78 is 21.5. The summed E-state index contributed by atoms with van der Waals surface area (Å²) in [5.41, 5.74) is 2.29. The van der Waals surface area contributed by atoms with E-state index < -0.39 is 5.82 Å². The highest BCUT2D eigenvalue weighted by atomic mass is 35.5. The van der Waals surface area contributed by atoms with Crippen molar-refractivity contribution in [3.63, 3.8) is 0 Å². The van der Waals surface area contributed by atoms with Crippen molar-refractivity contribution in [2.75, 3.05) is 19.6 Å². The summed E-state index contributed by atoms with van der Waals surface area (Å²) in [5, 5.41) is 1.30. The first kappa shape index (κ1) is 23.9. The van der Waals surface area contributed by atoms with Gasteiger partial charge in [0.05, 0.1) is 5.56 Å². The maximum atomic E-state index is 15.1. The van der Waals surface area contributed by atoms with E-state index in [-0.39, 0.29) is 23.6 Å². The highest BCUT2D eigenvalue weighted by molar-refractivity contribution is 6.34. The first-order valence-corrected chi connectivity index (χ1v) is 13.1. The zero-order valence-corrected chi connectivity index (χ0v) is 21.0. The van der Waals surface area contributed by atoms with Crippen LogP contribution in [0.3, 0.4) is 0 Å². The predicted molar refractivity (Wildman–Crippen MR) is 133 cm³/mol. The van der Waals surface area contributed by atoms with Gasteiger partial charge in [0.25, 0.3) is 5.91 Å². The molecule has 2 aromatic carbocycles. The second kappa shape index (κ2) is 10.0. The molecule has 0 N–H and O–H groups in total. The van der Waals surface area contributed by atoms with Crippen molar-refractivity contribution in [3.05, 3.63) is 62.9 Å². The Bertz CT molecular complexity index is 1050. The number of halogens is 3. The summed E-state index contributed by atoms with van der Waals surface area (Å²) in [6.45, 7) is 5.31. The zero-order valence-electron chi connectivity index (χ0n) is 19.5. The van der Waals surface area contributed by atoms with Gasteiger partial charge in [-0.1, -0.05) is 23.2 Å². The van der Waals surface area contributed by atoms with E-state index in [1.54, 1.807) is 17.0 Å². The Hall–Kier alpha value is -1.82. The van der Waals surface area contributed by atoms with Crippen molar-refractivity contribution in [1.29, 1.82) is 0 Å². The highest BCUT2D eigenvalue weighted by Crippen LogP contribution is 2.46. The van der Waals surface area contributed by atoms with Crippen molar-refractivity contribution < 1.29 is 13.9 Å². The van der Waals surface area contributed by atoms with Crippen LogP contribution in [0.1, 0.15) is 72.9 Å². The van der Waals surface area contributed by atoms with E-state index in [4.69, 9.17) is 27.9 Å². The first-order valence-electron chi connectivity index (χ1n) is 12.4. The topological polar surface area (TPSA) is 32.8 Å². The lowest BCUT2D eigenvalue weighted by Gasteiger charge is -2.32. The van der Waals surface area contributed by atoms with Crippen LogP contribution in [0.25, 0.3) is 0 Å². The molecule has 0 radical (unpaired) electrons. The minimum Gasteiger partial charge on any atom is -0.490 e. The molecular weight excluding hydrogens is 474 g/mol. The van der Waals surface area contributed by atoms with E-state index in [0.717, 1.165) is 69.3 Å². The van der Waals surface area contributed by atoms with Crippen LogP contribution in [0, 0.1) is 5.82 Å². The van der Waals surface area contributed by atoms with Gasteiger partial charge in [-0.2, -0.15) is 0 Å². The minimum absolute atomic E-state index is 0.0382. The molecule has 2 saturated heterocycles. The molecule has 1 amide bonds. The monoisotopic (exact) mass is 504 g/mol. The molecule has 0 aromatic heterocycles. The molecule has 0 unspecified atom stereocenters. The Kier molecular flexibility index (Phi) is 7.06. The molecule has 1 saturated carbocycles. The average molecular weight is 505 g/mol. The smallest absolute Gasteiger partial charge is 0.257 e. The summed E-state index contributed by atoms with van der Waals surface area (Å²) in [6.07, 6.45) is 5.86. The number of benzene rings is 2. The van der Waals surface area contributed by atoms with Crippen LogP contribution in [-0.4, -0.2) is 47.5 Å². The van der Waals surface area contributed by atoms with Gasteiger partial charge in [-0.25, -0.2) is 4.39 Å². The average Bonchev–Trinajstić information content (AvgIpc) is 3.54. The Morgan fingerprint density at radius 3 is 2.32 bits per heavy atom. The lowest BCUT2D eigenvalue weighted by atomic mass is 10.0. The third-order valence-corrected chi connectivity index (χ3v) is 7.75. The molecule has 1 aliphatic carbocycles. The number of piperidine rings is 1. The van der Waals surface area contributed by atoms with Gasteiger partial charge in [-0.3, -0.25) is 9.69 Å². The summed E-state index contributed by atoms with van der Waals surface area (Å²) >= 11 is 12.3. The summed E-state index contributed by atoms with van der Waals surface area (Å²) in [5.74, 6) is 0.320. The minimum atomic E-state index is -0.473. The van der Waals surface area contributed by atoms with Crippen LogP contribution in [-0.2, 0) is 6.54 Å². The van der Waals surface area contributed by atoms with Crippen molar-refractivity contribution in [1.82, 2.24) is 9.80 Å². The maximum absolute atomic E-state index is 15.1. The SMILES string of the molecule is C[C@@H]1CCCN1C(=O)c1cc(C2CC2)c(OC2CCN(Cc3cc(Cl)cc(Cl)c3)CC2)cc1F. The molecule has 1 atom stereocenters. The zero-order chi connectivity index (χ0) is 23.8. The van der Waals surface area contributed by atoms with Gasteiger partial charge in [-0.05, 0) is 86.8 Å². The number of amides is 1. The Morgan fingerprint density at radius 2 is 1.71 bits per heavy atom. The molecule has 0 spiro atoms. The van der Waals surface area contributed by atoms with Gasteiger partial charge in [0, 0.05) is 48.3 Å². The molecule has 3 aliphatic rings. The van der Waals surface area contributed by atoms with Crippen molar-refractivity contribution in [3.8, 4) is 5.75 Å². The molecule has 0 bridgehead atoms. The van der Waals surface area contributed by atoms with E-state index in [2.05, 4.69) is 4.90 Å². The third-order valence-electron chi connectivity index (χ3n) is 7.32. The lowest BCUT2D eigenvalue weighted by Crippen LogP contribution is -2.38. The maximum Gasteiger partial charge on any atom is 0.257 e. The molecule has 2 aromatic rings. The fraction of sp³-hybridized carbons (Fsp3) is 0.519. The Labute approximate surface area is 211 Å². The van der Waals surface area contributed by atoms with E-state index in [1.165, 1.54) is 6.07 Å². The number of nitrogens with zero attached hydrogens (tertiary/aromatic N) is 2. The number of carbonyl (C=O) groups excluding carboxylic acids is 1. The van der Waals surface area contributed by atoms with Gasteiger partial charge < -0.3 is 9.64 Å². The van der Waals surface area contributed by atoms with Gasteiger partial charge in [0.1, 0.15) is 17.7 Å². The molecule has 7 heteroatoms. The number of carbonyl (C=O) groups is 1. The summed E-state index contributed by atoms with van der Waals surface area (Å²) in [7, 11) is 0. The quantitative estimate of drug-likeness (QED) is 0.439. The molecule has 5 rings (SSSR count). The standard InChI is InChI=1S/C27H31Cl2FN2O2/c1-17-3-2-8-32(17)27(33)24-14-23(19-4-5-19)26(15-25(24)30)34-22-6-9-31(10-7-22)16-18-11-20(28)13-21(29)12-18/h11-15,17,19,22H,2-10,16H2,1H3/t17-/m1/s1. The lowest BCUT2D eigenvalue weighted by molar-refractivity contribution is 0.0742. The van der Waals surface area contributed by atoms with Crippen LogP contribution < -0.4 is 4.74 Å². The molecule has 4 nitrogen and oxygen atoms in total. The van der Waals surface area contributed by atoms with Crippen molar-refractivity contribution in [2.24, 2.45) is 0 Å². The predicted octanol–water partition coefficient (Wildman–Crippen LogP) is 6.68. The van der Waals surface area contributed by atoms with Crippen LogP contribution in [0.15, 0.2) is 30.3 Å². The molecule has 34 heavy (non-hydrogen) atoms. The van der Waals surface area contributed by atoms with Crippen LogP contribution >= 0.6 is 23.2 Å². The fourth-order valence-corrected chi connectivity index (χ4v) is 5.84.